The van der Waals surface area contributed by atoms with Crippen molar-refractivity contribution in [3.05, 3.63) is 32.8 Å². The van der Waals surface area contributed by atoms with Gasteiger partial charge >= 0.3 is 5.97 Å². The van der Waals surface area contributed by atoms with Crippen LogP contribution in [0.1, 0.15) is 36.5 Å². The maximum Gasteiger partial charge on any atom is 0.338 e. The Labute approximate surface area is 127 Å². The van der Waals surface area contributed by atoms with Crippen LogP contribution in [-0.4, -0.2) is 29.1 Å². The van der Waals surface area contributed by atoms with Crippen LogP contribution in [0.2, 0.25) is 5.02 Å². The molecular formula is C14H17ClN2O4. The van der Waals surface area contributed by atoms with Gasteiger partial charge in [0.15, 0.2) is 0 Å². The number of nitro benzene ring substituents is 1. The Morgan fingerprint density at radius 2 is 2.29 bits per heavy atom. The van der Waals surface area contributed by atoms with Crippen molar-refractivity contribution in [3.63, 3.8) is 0 Å². The number of carboxylic acid groups (broad SMARTS) is 1. The number of halogens is 1. The van der Waals surface area contributed by atoms with E-state index in [1.165, 1.54) is 6.07 Å². The highest BCUT2D eigenvalue weighted by Gasteiger charge is 2.27. The minimum atomic E-state index is -1.20. The maximum absolute atomic E-state index is 11.4. The molecule has 1 N–H and O–H groups in total. The van der Waals surface area contributed by atoms with Gasteiger partial charge in [-0.05, 0) is 18.8 Å². The number of hydrogen-bond acceptors (Lipinski definition) is 4. The fourth-order valence-corrected chi connectivity index (χ4v) is 3.11. The molecular weight excluding hydrogens is 296 g/mol. The molecule has 1 aliphatic rings. The van der Waals surface area contributed by atoms with Gasteiger partial charge in [-0.2, -0.15) is 0 Å². The number of aromatic carboxylic acids is 1. The molecule has 1 unspecified atom stereocenters. The maximum atomic E-state index is 11.4. The number of rotatable bonds is 4. The Balaban J connectivity index is 2.46. The minimum absolute atomic E-state index is 0.106. The van der Waals surface area contributed by atoms with E-state index in [4.69, 9.17) is 11.6 Å². The van der Waals surface area contributed by atoms with E-state index in [2.05, 4.69) is 6.92 Å². The van der Waals surface area contributed by atoms with Gasteiger partial charge in [0, 0.05) is 25.2 Å². The summed E-state index contributed by atoms with van der Waals surface area (Å²) in [4.78, 5) is 23.6. The largest absolute Gasteiger partial charge is 0.478 e. The zero-order valence-corrected chi connectivity index (χ0v) is 12.5. The predicted molar refractivity (Wildman–Crippen MR) is 80.3 cm³/mol. The summed E-state index contributed by atoms with van der Waals surface area (Å²) in [6.45, 7) is 3.55. The molecule has 1 atom stereocenters. The lowest BCUT2D eigenvalue weighted by molar-refractivity contribution is -0.384. The first-order valence-electron chi connectivity index (χ1n) is 6.90. The molecule has 1 aromatic rings. The molecule has 1 aromatic carbocycles. The SMILES string of the molecule is CCC1CCCN(c2c(Cl)cc([N+](=O)[O-])cc2C(=O)O)C1. The normalized spacial score (nSPS) is 18.6. The molecule has 0 spiro atoms. The summed E-state index contributed by atoms with van der Waals surface area (Å²) in [6, 6.07) is 2.30. The second-order valence-corrected chi connectivity index (χ2v) is 5.66. The van der Waals surface area contributed by atoms with Crippen LogP contribution in [-0.2, 0) is 0 Å². The molecule has 1 saturated heterocycles. The van der Waals surface area contributed by atoms with E-state index >= 15 is 0 Å². The molecule has 0 aromatic heterocycles. The molecule has 21 heavy (non-hydrogen) atoms. The van der Waals surface area contributed by atoms with E-state index in [0.717, 1.165) is 31.9 Å². The third kappa shape index (κ3) is 3.26. The highest BCUT2D eigenvalue weighted by molar-refractivity contribution is 6.34. The molecule has 0 amide bonds. The van der Waals surface area contributed by atoms with Crippen LogP contribution in [0.4, 0.5) is 11.4 Å². The average molecular weight is 313 g/mol. The summed E-state index contributed by atoms with van der Waals surface area (Å²) in [5.74, 6) is -0.708. The van der Waals surface area contributed by atoms with E-state index in [0.29, 0.717) is 18.2 Å². The lowest BCUT2D eigenvalue weighted by Crippen LogP contribution is -2.36. The van der Waals surface area contributed by atoms with Gasteiger partial charge in [-0.3, -0.25) is 10.1 Å². The average Bonchev–Trinajstić information content (AvgIpc) is 2.46. The van der Waals surface area contributed by atoms with Gasteiger partial charge in [0.2, 0.25) is 0 Å². The Bertz CT molecular complexity index is 576. The van der Waals surface area contributed by atoms with Gasteiger partial charge in [-0.1, -0.05) is 24.9 Å². The second-order valence-electron chi connectivity index (χ2n) is 5.25. The molecule has 1 fully saturated rings. The van der Waals surface area contributed by atoms with Gasteiger partial charge in [-0.25, -0.2) is 4.79 Å². The van der Waals surface area contributed by atoms with Crippen molar-refractivity contribution in [3.8, 4) is 0 Å². The number of anilines is 1. The van der Waals surface area contributed by atoms with E-state index in [-0.39, 0.29) is 16.3 Å². The molecule has 6 nitrogen and oxygen atoms in total. The Kier molecular flexibility index (Phi) is 4.67. The molecule has 2 rings (SSSR count). The molecule has 0 aliphatic carbocycles. The standard InChI is InChI=1S/C14H17ClN2O4/c1-2-9-4-3-5-16(8-9)13-11(14(18)19)6-10(17(20)21)7-12(13)15/h6-7,9H,2-5,8H2,1H3,(H,18,19). The summed E-state index contributed by atoms with van der Waals surface area (Å²) in [5, 5.41) is 20.3. The summed E-state index contributed by atoms with van der Waals surface area (Å²) >= 11 is 6.14. The number of carboxylic acids is 1. The van der Waals surface area contributed by atoms with Gasteiger partial charge in [0.25, 0.3) is 5.69 Å². The Hall–Kier alpha value is -1.82. The first-order chi connectivity index (χ1) is 9.93. The number of nitrogens with zero attached hydrogens (tertiary/aromatic N) is 2. The van der Waals surface area contributed by atoms with Gasteiger partial charge in [-0.15, -0.1) is 0 Å². The molecule has 0 bridgehead atoms. The van der Waals surface area contributed by atoms with Gasteiger partial charge in [0.05, 0.1) is 21.2 Å². The molecule has 114 valence electrons. The zero-order valence-electron chi connectivity index (χ0n) is 11.7. The smallest absolute Gasteiger partial charge is 0.338 e. The van der Waals surface area contributed by atoms with Crippen molar-refractivity contribution in [1.29, 1.82) is 0 Å². The first-order valence-corrected chi connectivity index (χ1v) is 7.28. The summed E-state index contributed by atoms with van der Waals surface area (Å²) < 4.78 is 0. The van der Waals surface area contributed by atoms with Crippen LogP contribution < -0.4 is 4.90 Å². The molecule has 1 aliphatic heterocycles. The molecule has 7 heteroatoms. The summed E-state index contributed by atoms with van der Waals surface area (Å²) in [6.07, 6.45) is 3.09. The van der Waals surface area contributed by atoms with E-state index in [9.17, 15) is 20.0 Å². The lowest BCUT2D eigenvalue weighted by atomic mass is 9.94. The summed E-state index contributed by atoms with van der Waals surface area (Å²) in [7, 11) is 0. The monoisotopic (exact) mass is 312 g/mol. The Morgan fingerprint density at radius 3 is 2.86 bits per heavy atom. The van der Waals surface area contributed by atoms with Crippen LogP contribution in [0.3, 0.4) is 0 Å². The fourth-order valence-electron chi connectivity index (χ4n) is 2.78. The molecule has 1 heterocycles. The molecule has 0 radical (unpaired) electrons. The number of non-ortho nitro benzene ring substituents is 1. The van der Waals surface area contributed by atoms with E-state index in [1.807, 2.05) is 4.90 Å². The predicted octanol–water partition coefficient (Wildman–Crippen LogP) is 3.57. The van der Waals surface area contributed by atoms with Crippen LogP contribution >= 0.6 is 11.6 Å². The van der Waals surface area contributed by atoms with Crippen molar-refractivity contribution < 1.29 is 14.8 Å². The topological polar surface area (TPSA) is 83.7 Å². The third-order valence-electron chi connectivity index (χ3n) is 3.90. The minimum Gasteiger partial charge on any atom is -0.478 e. The van der Waals surface area contributed by atoms with Crippen LogP contribution in [0, 0.1) is 16.0 Å². The van der Waals surface area contributed by atoms with Crippen molar-refractivity contribution in [2.24, 2.45) is 5.92 Å². The third-order valence-corrected chi connectivity index (χ3v) is 4.19. The fraction of sp³-hybridized carbons (Fsp3) is 0.500. The lowest BCUT2D eigenvalue weighted by Gasteiger charge is -2.35. The quantitative estimate of drug-likeness (QED) is 0.678. The van der Waals surface area contributed by atoms with Crippen molar-refractivity contribution in [2.75, 3.05) is 18.0 Å². The number of benzene rings is 1. The van der Waals surface area contributed by atoms with Crippen LogP contribution in [0.15, 0.2) is 12.1 Å². The Morgan fingerprint density at radius 1 is 1.57 bits per heavy atom. The number of piperidine rings is 1. The zero-order chi connectivity index (χ0) is 15.6. The van der Waals surface area contributed by atoms with E-state index < -0.39 is 10.9 Å². The number of nitro groups is 1. The number of carbonyl (C=O) groups is 1. The van der Waals surface area contributed by atoms with E-state index in [1.54, 1.807) is 0 Å². The van der Waals surface area contributed by atoms with Crippen LogP contribution in [0.5, 0.6) is 0 Å². The first kappa shape index (κ1) is 15.6. The second kappa shape index (κ2) is 6.30. The highest BCUT2D eigenvalue weighted by atomic mass is 35.5. The van der Waals surface area contributed by atoms with Gasteiger partial charge in [0.1, 0.15) is 0 Å². The van der Waals surface area contributed by atoms with Crippen molar-refractivity contribution >= 4 is 28.9 Å². The highest BCUT2D eigenvalue weighted by Crippen LogP contribution is 2.36. The van der Waals surface area contributed by atoms with Crippen LogP contribution in [0.25, 0.3) is 0 Å². The van der Waals surface area contributed by atoms with Crippen molar-refractivity contribution in [1.82, 2.24) is 0 Å². The summed E-state index contributed by atoms with van der Waals surface area (Å²) in [5.41, 5.74) is -0.0101. The van der Waals surface area contributed by atoms with Gasteiger partial charge < -0.3 is 10.0 Å². The number of hydrogen-bond donors (Lipinski definition) is 1. The molecule has 0 saturated carbocycles. The van der Waals surface area contributed by atoms with Crippen molar-refractivity contribution in [2.45, 2.75) is 26.2 Å².